The predicted octanol–water partition coefficient (Wildman–Crippen LogP) is 0.145. The molecule has 0 saturated carbocycles. The molecular weight excluding hydrogens is 847 g/mol. The number of hydrogen-bond donors (Lipinski definition) is 6. The number of nitrogens with zero attached hydrogens (tertiary/aromatic N) is 2. The number of carbonyl (C=O) groups is 6. The molecule has 0 spiro atoms. The molecule has 0 aromatic heterocycles. The molecule has 21 heteroatoms. The number of likely N-dealkylation sites (tertiary alicyclic amines) is 1. The molecule has 63 heavy (non-hydrogen) atoms. The Labute approximate surface area is 365 Å². The highest BCUT2D eigenvalue weighted by Gasteiger charge is 2.55. The molecule has 8 rings (SSSR count). The smallest absolute Gasteiger partial charge is 0.270 e. The van der Waals surface area contributed by atoms with Gasteiger partial charge in [-0.3, -0.25) is 44.5 Å². The molecule has 8 atom stereocenters. The van der Waals surface area contributed by atoms with Crippen LogP contribution in [0.25, 0.3) is 0 Å². The highest BCUT2D eigenvalue weighted by Crippen LogP contribution is 2.53. The minimum absolute atomic E-state index is 0.0783. The van der Waals surface area contributed by atoms with Crippen molar-refractivity contribution in [2.24, 2.45) is 11.7 Å². The molecule has 4 fully saturated rings. The number of carbonyl (C=O) groups excluding carboxylic acids is 6. The third kappa shape index (κ3) is 8.24. The fourth-order valence-corrected chi connectivity index (χ4v) is 10.5. The number of methoxy groups -OCH3 is 2. The zero-order valence-electron chi connectivity index (χ0n) is 35.0. The Kier molecular flexibility index (Phi) is 12.7. The second-order valence-electron chi connectivity index (χ2n) is 16.6. The van der Waals surface area contributed by atoms with E-state index < -0.39 is 102 Å². The zero-order chi connectivity index (χ0) is 44.9. The van der Waals surface area contributed by atoms with Gasteiger partial charge in [-0.1, -0.05) is 12.1 Å². The average molecular weight is 898 g/mol. The number of aromatic hydroxyl groups is 2. The van der Waals surface area contributed by atoms with Gasteiger partial charge in [0.15, 0.2) is 30.2 Å². The van der Waals surface area contributed by atoms with Gasteiger partial charge in [-0.15, -0.1) is 0 Å². The van der Waals surface area contributed by atoms with Crippen LogP contribution in [0.1, 0.15) is 88.1 Å². The van der Waals surface area contributed by atoms with Gasteiger partial charge in [-0.05, 0) is 25.8 Å². The Morgan fingerprint density at radius 3 is 2.46 bits per heavy atom. The first-order chi connectivity index (χ1) is 30.1. The van der Waals surface area contributed by atoms with Crippen molar-refractivity contribution in [3.63, 3.8) is 0 Å². The van der Waals surface area contributed by atoms with Crippen LogP contribution in [0.2, 0.25) is 0 Å². The second-order valence-corrected chi connectivity index (χ2v) is 17.7. The molecule has 0 radical (unpaired) electrons. The lowest BCUT2D eigenvalue weighted by Crippen LogP contribution is -2.57. The summed E-state index contributed by atoms with van der Waals surface area (Å²) in [6.07, 6.45) is -4.62. The van der Waals surface area contributed by atoms with Gasteiger partial charge < -0.3 is 54.4 Å². The maximum Gasteiger partial charge on any atom is 0.270 e. The van der Waals surface area contributed by atoms with Crippen molar-refractivity contribution in [1.29, 1.82) is 0 Å². The Morgan fingerprint density at radius 1 is 1.00 bits per heavy atom. The number of primary amides is 1. The molecule has 6 aliphatic rings. The quantitative estimate of drug-likeness (QED) is 0.0849. The predicted molar refractivity (Wildman–Crippen MR) is 218 cm³/mol. The molecule has 2 aliphatic carbocycles. The minimum atomic E-state index is -2.42. The number of hydrazine groups is 1. The Balaban J connectivity index is 1.01. The number of benzene rings is 2. The van der Waals surface area contributed by atoms with E-state index in [-0.39, 0.29) is 76.1 Å². The summed E-state index contributed by atoms with van der Waals surface area (Å²) in [5.74, 6) is -5.07. The summed E-state index contributed by atoms with van der Waals surface area (Å²) >= 11 is 1.22. The van der Waals surface area contributed by atoms with Crippen LogP contribution in [0, 0.1) is 5.92 Å². The molecule has 7 N–H and O–H groups in total. The highest BCUT2D eigenvalue weighted by molar-refractivity contribution is 7.99. The van der Waals surface area contributed by atoms with Crippen LogP contribution in [0.3, 0.4) is 0 Å². The maximum absolute atomic E-state index is 14.2. The monoisotopic (exact) mass is 897 g/mol. The number of piperidine rings is 1. The van der Waals surface area contributed by atoms with Gasteiger partial charge in [0, 0.05) is 86.8 Å². The first-order valence-electron chi connectivity index (χ1n) is 20.9. The van der Waals surface area contributed by atoms with E-state index in [1.54, 1.807) is 11.8 Å². The summed E-state index contributed by atoms with van der Waals surface area (Å²) < 4.78 is 35.8. The van der Waals surface area contributed by atoms with Gasteiger partial charge >= 0.3 is 0 Å². The lowest BCUT2D eigenvalue weighted by Gasteiger charge is -2.43. The van der Waals surface area contributed by atoms with Crippen molar-refractivity contribution >= 4 is 47.0 Å². The number of aliphatic hydroxyl groups is 1. The molecule has 340 valence electrons. The molecular formula is C42H51N5O15S. The SMILES string of the molecule is COc1cccc2c1C(=O)c1c(O)c3c(c(O)c1C2=O)C[C@@](O)(C(=O)NNC(=O)CCSCC(=O)N1CCC(C(N)=O)CC1)C[C@@H]3O[C@H]1C[C@H]2[C@H](O[C@@H]3[C@@H](OC)OCCN32)[C@H](C)O1. The average Bonchev–Trinajstić information content (AvgIpc) is 3.66. The number of hydrogen-bond acceptors (Lipinski definition) is 17. The number of rotatable bonds is 11. The number of nitrogens with two attached hydrogens (primary N) is 1. The van der Waals surface area contributed by atoms with Gasteiger partial charge in [0.1, 0.15) is 23.4 Å². The third-order valence-electron chi connectivity index (χ3n) is 12.9. The highest BCUT2D eigenvalue weighted by atomic mass is 32.2. The van der Waals surface area contributed by atoms with Crippen molar-refractivity contribution in [3.8, 4) is 17.2 Å². The Hall–Kier alpha value is -4.87. The van der Waals surface area contributed by atoms with Gasteiger partial charge in [0.2, 0.25) is 23.5 Å². The van der Waals surface area contributed by atoms with Crippen LogP contribution in [0.5, 0.6) is 17.2 Å². The Bertz CT molecular complexity index is 2200. The van der Waals surface area contributed by atoms with Crippen molar-refractivity contribution in [2.75, 3.05) is 52.0 Å². The van der Waals surface area contributed by atoms with E-state index in [2.05, 4.69) is 15.8 Å². The minimum Gasteiger partial charge on any atom is -0.507 e. The van der Waals surface area contributed by atoms with Crippen LogP contribution in [0.15, 0.2) is 18.2 Å². The summed E-state index contributed by atoms with van der Waals surface area (Å²) in [6.45, 7) is 3.55. The lowest BCUT2D eigenvalue weighted by atomic mass is 9.72. The lowest BCUT2D eigenvalue weighted by molar-refractivity contribution is -0.256. The molecule has 0 unspecified atom stereocenters. The van der Waals surface area contributed by atoms with E-state index in [1.165, 1.54) is 44.2 Å². The molecule has 0 bridgehead atoms. The molecule has 4 amide bonds. The van der Waals surface area contributed by atoms with E-state index in [9.17, 15) is 44.1 Å². The summed E-state index contributed by atoms with van der Waals surface area (Å²) in [6, 6.07) is 4.14. The standard InChI is InChI=1S/C42H51N5O15S/c1-19-37-23(47-12-13-59-40(58-3)39(47)62-37)15-28(60-19)61-25-17-42(56,41(55)45-44-26(48)9-14-63-18-27(49)46-10-7-20(8-11-46)38(43)54)16-22-30(25)36(53)32-31(34(22)51)33(50)21-5-4-6-24(57-2)29(21)35(32)52/h4-6,19-20,23,25,28,37,39-40,51,53,56H,7-18H2,1-3H3,(H2,43,54)(H,44,48)(H,45,55)/t19-,23-,25-,28-,37+,39+,40-,42-/m0/s1. The van der Waals surface area contributed by atoms with Crippen LogP contribution >= 0.6 is 11.8 Å². The Morgan fingerprint density at radius 2 is 1.75 bits per heavy atom. The molecule has 4 aliphatic heterocycles. The third-order valence-corrected chi connectivity index (χ3v) is 13.8. The number of fused-ring (bicyclic) bond motifs is 6. The number of thioether (sulfide) groups is 1. The van der Waals surface area contributed by atoms with E-state index in [0.29, 0.717) is 39.1 Å². The molecule has 2 aromatic carbocycles. The van der Waals surface area contributed by atoms with Crippen LogP contribution in [0.4, 0.5) is 0 Å². The van der Waals surface area contributed by atoms with E-state index in [1.807, 2.05) is 0 Å². The second kappa shape index (κ2) is 18.0. The zero-order valence-corrected chi connectivity index (χ0v) is 35.8. The van der Waals surface area contributed by atoms with E-state index in [0.717, 1.165) is 0 Å². The van der Waals surface area contributed by atoms with E-state index >= 15 is 0 Å². The molecule has 2 aromatic rings. The van der Waals surface area contributed by atoms with Gasteiger partial charge in [-0.25, -0.2) is 0 Å². The van der Waals surface area contributed by atoms with Gasteiger partial charge in [0.25, 0.3) is 5.91 Å². The van der Waals surface area contributed by atoms with E-state index in [4.69, 9.17) is 34.2 Å². The van der Waals surface area contributed by atoms with Crippen molar-refractivity contribution in [1.82, 2.24) is 20.7 Å². The topological polar surface area (TPSA) is 275 Å². The van der Waals surface area contributed by atoms with Crippen LogP contribution < -0.4 is 21.3 Å². The number of ketones is 2. The van der Waals surface area contributed by atoms with Crippen molar-refractivity contribution in [2.45, 2.75) is 94.2 Å². The summed E-state index contributed by atoms with van der Waals surface area (Å²) in [5.41, 5.74) is 5.97. The summed E-state index contributed by atoms with van der Waals surface area (Å²) in [5, 5.41) is 36.1. The fraction of sp³-hybridized carbons (Fsp3) is 0.571. The number of amides is 4. The number of phenolic OH excluding ortho intramolecular Hbond substituents is 2. The summed E-state index contributed by atoms with van der Waals surface area (Å²) in [4.78, 5) is 82.8. The van der Waals surface area contributed by atoms with Crippen molar-refractivity contribution < 1.29 is 72.5 Å². The fourth-order valence-electron chi connectivity index (χ4n) is 9.64. The number of nitrogens with one attached hydrogen (secondary N) is 2. The number of ether oxygens (including phenoxy) is 6. The molecule has 4 saturated heterocycles. The van der Waals surface area contributed by atoms with Gasteiger partial charge in [-0.2, -0.15) is 11.8 Å². The van der Waals surface area contributed by atoms with Crippen LogP contribution in [-0.4, -0.2) is 155 Å². The normalized spacial score (nSPS) is 29.1. The van der Waals surface area contributed by atoms with Crippen LogP contribution in [-0.2, 0) is 49.3 Å². The maximum atomic E-state index is 14.2. The molecule has 4 heterocycles. The number of morpholine rings is 1. The van der Waals surface area contributed by atoms with Crippen molar-refractivity contribution in [3.05, 3.63) is 51.6 Å². The largest absolute Gasteiger partial charge is 0.507 e. The molecule has 20 nitrogen and oxygen atoms in total. The number of phenols is 2. The summed E-state index contributed by atoms with van der Waals surface area (Å²) in [7, 11) is 2.85. The van der Waals surface area contributed by atoms with Gasteiger partial charge in [0.05, 0.1) is 48.4 Å². The first kappa shape index (κ1) is 44.7. The first-order valence-corrected chi connectivity index (χ1v) is 22.0.